The SMILES string of the molecule is C=C(C)CN(CC)c1c(C)cccc1C(=O)O. The minimum Gasteiger partial charge on any atom is -0.478 e. The van der Waals surface area contributed by atoms with Crippen LogP contribution in [0.5, 0.6) is 0 Å². The largest absolute Gasteiger partial charge is 0.478 e. The molecule has 0 saturated heterocycles. The highest BCUT2D eigenvalue weighted by atomic mass is 16.4. The molecule has 0 atom stereocenters. The van der Waals surface area contributed by atoms with E-state index in [1.54, 1.807) is 12.1 Å². The molecule has 0 aliphatic rings. The first kappa shape index (κ1) is 13.3. The summed E-state index contributed by atoms with van der Waals surface area (Å²) >= 11 is 0. The summed E-state index contributed by atoms with van der Waals surface area (Å²) in [6.45, 7) is 11.2. The van der Waals surface area contributed by atoms with Gasteiger partial charge >= 0.3 is 5.97 Å². The molecule has 0 amide bonds. The second kappa shape index (κ2) is 5.53. The number of nitrogens with zero attached hydrogens (tertiary/aromatic N) is 1. The van der Waals surface area contributed by atoms with Crippen molar-refractivity contribution in [1.82, 2.24) is 0 Å². The van der Waals surface area contributed by atoms with Gasteiger partial charge in [0, 0.05) is 13.1 Å². The summed E-state index contributed by atoms with van der Waals surface area (Å²) in [5, 5.41) is 9.22. The highest BCUT2D eigenvalue weighted by Gasteiger charge is 2.16. The smallest absolute Gasteiger partial charge is 0.337 e. The highest BCUT2D eigenvalue weighted by molar-refractivity contribution is 5.95. The molecule has 1 N–H and O–H groups in total. The van der Waals surface area contributed by atoms with Crippen LogP contribution in [0.25, 0.3) is 0 Å². The van der Waals surface area contributed by atoms with Gasteiger partial charge in [0.05, 0.1) is 11.3 Å². The lowest BCUT2D eigenvalue weighted by molar-refractivity contribution is 0.0697. The number of benzene rings is 1. The summed E-state index contributed by atoms with van der Waals surface area (Å²) in [5.74, 6) is -0.885. The van der Waals surface area contributed by atoms with Gasteiger partial charge in [-0.25, -0.2) is 4.79 Å². The van der Waals surface area contributed by atoms with Crippen molar-refractivity contribution in [3.05, 3.63) is 41.5 Å². The molecule has 17 heavy (non-hydrogen) atoms. The molecular formula is C14H19NO2. The quantitative estimate of drug-likeness (QED) is 0.794. The van der Waals surface area contributed by atoms with Gasteiger partial charge in [0.25, 0.3) is 0 Å². The van der Waals surface area contributed by atoms with E-state index in [4.69, 9.17) is 0 Å². The summed E-state index contributed by atoms with van der Waals surface area (Å²) < 4.78 is 0. The van der Waals surface area contributed by atoms with Crippen molar-refractivity contribution < 1.29 is 9.90 Å². The topological polar surface area (TPSA) is 40.5 Å². The number of hydrogen-bond acceptors (Lipinski definition) is 2. The van der Waals surface area contributed by atoms with Gasteiger partial charge in [0.2, 0.25) is 0 Å². The number of aromatic carboxylic acids is 1. The van der Waals surface area contributed by atoms with E-state index in [1.807, 2.05) is 31.7 Å². The Bertz CT molecular complexity index is 438. The molecule has 0 aliphatic carbocycles. The van der Waals surface area contributed by atoms with Crippen molar-refractivity contribution in [2.45, 2.75) is 20.8 Å². The molecule has 0 radical (unpaired) electrons. The number of aryl methyl sites for hydroxylation is 1. The van der Waals surface area contributed by atoms with Gasteiger partial charge in [-0.1, -0.05) is 24.3 Å². The average Bonchev–Trinajstić information content (AvgIpc) is 2.25. The van der Waals surface area contributed by atoms with E-state index in [2.05, 4.69) is 6.58 Å². The molecule has 1 aromatic carbocycles. The maximum absolute atomic E-state index is 11.2. The molecule has 0 unspecified atom stereocenters. The third-order valence-corrected chi connectivity index (χ3v) is 2.63. The van der Waals surface area contributed by atoms with Gasteiger partial charge < -0.3 is 10.0 Å². The molecule has 92 valence electrons. The van der Waals surface area contributed by atoms with Crippen LogP contribution in [-0.4, -0.2) is 24.2 Å². The molecule has 0 spiro atoms. The van der Waals surface area contributed by atoms with Crippen molar-refractivity contribution in [2.75, 3.05) is 18.0 Å². The van der Waals surface area contributed by atoms with Gasteiger partial charge in [-0.05, 0) is 32.4 Å². The van der Waals surface area contributed by atoms with Crippen LogP contribution < -0.4 is 4.90 Å². The van der Waals surface area contributed by atoms with E-state index < -0.39 is 5.97 Å². The Labute approximate surface area is 102 Å². The molecule has 1 rings (SSSR count). The zero-order valence-electron chi connectivity index (χ0n) is 10.7. The molecule has 1 aromatic rings. The first-order valence-electron chi connectivity index (χ1n) is 5.69. The Kier molecular flexibility index (Phi) is 4.32. The Balaban J connectivity index is 3.25. The number of carboxylic acids is 1. The monoisotopic (exact) mass is 233 g/mol. The average molecular weight is 233 g/mol. The van der Waals surface area contributed by atoms with Gasteiger partial charge in [0.15, 0.2) is 0 Å². The van der Waals surface area contributed by atoms with E-state index in [-0.39, 0.29) is 0 Å². The van der Waals surface area contributed by atoms with E-state index in [1.165, 1.54) is 0 Å². The van der Waals surface area contributed by atoms with Crippen molar-refractivity contribution in [1.29, 1.82) is 0 Å². The summed E-state index contributed by atoms with van der Waals surface area (Å²) in [5.41, 5.74) is 3.15. The van der Waals surface area contributed by atoms with Gasteiger partial charge in [-0.15, -0.1) is 0 Å². The molecule has 0 aromatic heterocycles. The van der Waals surface area contributed by atoms with E-state index >= 15 is 0 Å². The fourth-order valence-electron chi connectivity index (χ4n) is 1.93. The number of carboxylic acid groups (broad SMARTS) is 1. The Hall–Kier alpha value is -1.77. The zero-order chi connectivity index (χ0) is 13.0. The first-order valence-corrected chi connectivity index (χ1v) is 5.69. The van der Waals surface area contributed by atoms with Gasteiger partial charge in [0.1, 0.15) is 0 Å². The number of hydrogen-bond donors (Lipinski definition) is 1. The Morgan fingerprint density at radius 1 is 1.47 bits per heavy atom. The lowest BCUT2D eigenvalue weighted by atomic mass is 10.1. The van der Waals surface area contributed by atoms with Crippen LogP contribution in [0.4, 0.5) is 5.69 Å². The van der Waals surface area contributed by atoms with Crippen LogP contribution >= 0.6 is 0 Å². The summed E-state index contributed by atoms with van der Waals surface area (Å²) in [7, 11) is 0. The normalized spacial score (nSPS) is 10.1. The summed E-state index contributed by atoms with van der Waals surface area (Å²) in [6, 6.07) is 5.35. The molecular weight excluding hydrogens is 214 g/mol. The fourth-order valence-corrected chi connectivity index (χ4v) is 1.93. The van der Waals surface area contributed by atoms with Crippen LogP contribution in [0.3, 0.4) is 0 Å². The van der Waals surface area contributed by atoms with Crippen molar-refractivity contribution in [3.63, 3.8) is 0 Å². The van der Waals surface area contributed by atoms with Crippen molar-refractivity contribution in [2.24, 2.45) is 0 Å². The van der Waals surface area contributed by atoms with E-state index in [0.29, 0.717) is 12.1 Å². The summed E-state index contributed by atoms with van der Waals surface area (Å²) in [4.78, 5) is 13.3. The van der Waals surface area contributed by atoms with Crippen molar-refractivity contribution >= 4 is 11.7 Å². The standard InChI is InChI=1S/C14H19NO2/c1-5-15(9-10(2)3)13-11(4)7-6-8-12(13)14(16)17/h6-8H,2,5,9H2,1,3-4H3,(H,16,17). The third kappa shape index (κ3) is 3.09. The molecule has 0 aliphatic heterocycles. The number of carbonyl (C=O) groups is 1. The minimum atomic E-state index is -0.885. The molecule has 0 fully saturated rings. The molecule has 0 saturated carbocycles. The highest BCUT2D eigenvalue weighted by Crippen LogP contribution is 2.25. The number of likely N-dealkylation sites (N-methyl/N-ethyl adjacent to an activating group) is 1. The molecule has 3 heteroatoms. The number of para-hydroxylation sites is 1. The van der Waals surface area contributed by atoms with Crippen LogP contribution in [0, 0.1) is 6.92 Å². The number of anilines is 1. The van der Waals surface area contributed by atoms with Gasteiger partial charge in [-0.2, -0.15) is 0 Å². The maximum atomic E-state index is 11.2. The van der Waals surface area contributed by atoms with Crippen LogP contribution in [-0.2, 0) is 0 Å². The Morgan fingerprint density at radius 3 is 2.59 bits per heavy atom. The second-order valence-corrected chi connectivity index (χ2v) is 4.25. The third-order valence-electron chi connectivity index (χ3n) is 2.63. The zero-order valence-corrected chi connectivity index (χ0v) is 10.7. The van der Waals surface area contributed by atoms with E-state index in [9.17, 15) is 9.90 Å². The van der Waals surface area contributed by atoms with Crippen LogP contribution in [0.2, 0.25) is 0 Å². The predicted molar refractivity (Wildman–Crippen MR) is 70.8 cm³/mol. The summed E-state index contributed by atoms with van der Waals surface area (Å²) in [6.07, 6.45) is 0. The second-order valence-electron chi connectivity index (χ2n) is 4.25. The first-order chi connectivity index (χ1) is 7.97. The lowest BCUT2D eigenvalue weighted by Gasteiger charge is -2.26. The Morgan fingerprint density at radius 2 is 2.12 bits per heavy atom. The molecule has 0 heterocycles. The lowest BCUT2D eigenvalue weighted by Crippen LogP contribution is -2.27. The van der Waals surface area contributed by atoms with E-state index in [0.717, 1.165) is 23.4 Å². The maximum Gasteiger partial charge on any atom is 0.337 e. The predicted octanol–water partition coefficient (Wildman–Crippen LogP) is 3.10. The van der Waals surface area contributed by atoms with Crippen LogP contribution in [0.15, 0.2) is 30.4 Å². The number of rotatable bonds is 5. The van der Waals surface area contributed by atoms with Gasteiger partial charge in [-0.3, -0.25) is 0 Å². The fraction of sp³-hybridized carbons (Fsp3) is 0.357. The molecule has 3 nitrogen and oxygen atoms in total. The van der Waals surface area contributed by atoms with Crippen LogP contribution in [0.1, 0.15) is 29.8 Å². The van der Waals surface area contributed by atoms with Crippen molar-refractivity contribution in [3.8, 4) is 0 Å². The minimum absolute atomic E-state index is 0.355. The molecule has 0 bridgehead atoms.